The van der Waals surface area contributed by atoms with Gasteiger partial charge in [-0.05, 0) is 17.0 Å². The number of ether oxygens (including phenoxy) is 1. The van der Waals surface area contributed by atoms with Crippen molar-refractivity contribution in [3.05, 3.63) is 43.2 Å². The normalized spacial score (nSPS) is 11.9. The fraction of sp³-hybridized carbons (Fsp3) is 0.429. The van der Waals surface area contributed by atoms with E-state index < -0.39 is 0 Å². The first-order valence-corrected chi connectivity index (χ1v) is 5.21. The maximum atomic E-state index is 5.36. The fourth-order valence-electron chi connectivity index (χ4n) is 1.51. The minimum absolute atomic E-state index is 0.00830. The van der Waals surface area contributed by atoms with Gasteiger partial charge in [0.1, 0.15) is 5.75 Å². The number of methoxy groups -OCH3 is 1. The van der Waals surface area contributed by atoms with Gasteiger partial charge in [0, 0.05) is 0 Å². The zero-order valence-electron chi connectivity index (χ0n) is 10.1. The van der Waals surface area contributed by atoms with Crippen LogP contribution in [0, 0.1) is 13.8 Å². The molecule has 1 aromatic carbocycles. The molecule has 0 N–H and O–H groups in total. The quantitative estimate of drug-likeness (QED) is 0.667. The SMILES string of the molecule is [CH2-]C([CH2-])c1ccc(C(C)(C)C)cc1OC. The lowest BCUT2D eigenvalue weighted by atomic mass is 9.85. The summed E-state index contributed by atoms with van der Waals surface area (Å²) < 4.78 is 5.36. The van der Waals surface area contributed by atoms with Crippen molar-refractivity contribution in [3.63, 3.8) is 0 Å². The summed E-state index contributed by atoms with van der Waals surface area (Å²) in [4.78, 5) is 0. The van der Waals surface area contributed by atoms with Crippen LogP contribution in [-0.2, 0) is 5.41 Å². The summed E-state index contributed by atoms with van der Waals surface area (Å²) in [6.45, 7) is 14.4. The number of benzene rings is 1. The van der Waals surface area contributed by atoms with Gasteiger partial charge in [0.25, 0.3) is 0 Å². The van der Waals surface area contributed by atoms with Crippen molar-refractivity contribution in [3.8, 4) is 5.75 Å². The highest BCUT2D eigenvalue weighted by Crippen LogP contribution is 2.31. The summed E-state index contributed by atoms with van der Waals surface area (Å²) in [6.07, 6.45) is 0. The largest absolute Gasteiger partial charge is 0.497 e. The molecule has 0 spiro atoms. The van der Waals surface area contributed by atoms with Crippen molar-refractivity contribution >= 4 is 0 Å². The predicted octanol–water partition coefficient (Wildman–Crippen LogP) is 3.74. The highest BCUT2D eigenvalue weighted by molar-refractivity contribution is 5.42. The summed E-state index contributed by atoms with van der Waals surface area (Å²) in [5, 5.41) is 0. The van der Waals surface area contributed by atoms with Crippen LogP contribution < -0.4 is 4.74 Å². The fourth-order valence-corrected chi connectivity index (χ4v) is 1.51. The van der Waals surface area contributed by atoms with Crippen molar-refractivity contribution < 1.29 is 4.74 Å². The lowest BCUT2D eigenvalue weighted by molar-refractivity contribution is 0.407. The minimum atomic E-state index is 0.00830. The molecular formula is C14H20O-2. The third-order valence-electron chi connectivity index (χ3n) is 2.54. The van der Waals surface area contributed by atoms with E-state index in [1.165, 1.54) is 5.56 Å². The molecule has 0 saturated carbocycles. The maximum Gasteiger partial charge on any atom is 0.117 e. The first-order chi connectivity index (χ1) is 6.86. The van der Waals surface area contributed by atoms with Gasteiger partial charge in [-0.25, -0.2) is 0 Å². The van der Waals surface area contributed by atoms with Gasteiger partial charge in [0.15, 0.2) is 0 Å². The second-order valence-corrected chi connectivity index (χ2v) is 4.90. The van der Waals surface area contributed by atoms with Gasteiger partial charge in [0.2, 0.25) is 0 Å². The number of rotatable bonds is 2. The first kappa shape index (κ1) is 12.1. The molecule has 0 aromatic heterocycles. The van der Waals surface area contributed by atoms with Gasteiger partial charge in [-0.3, -0.25) is 5.92 Å². The highest BCUT2D eigenvalue weighted by Gasteiger charge is 2.15. The van der Waals surface area contributed by atoms with E-state index in [2.05, 4.69) is 52.8 Å². The molecular weight excluding hydrogens is 184 g/mol. The first-order valence-electron chi connectivity index (χ1n) is 5.21. The van der Waals surface area contributed by atoms with Crippen molar-refractivity contribution in [2.24, 2.45) is 0 Å². The smallest absolute Gasteiger partial charge is 0.117 e. The summed E-state index contributed by atoms with van der Waals surface area (Å²) >= 11 is 0. The third-order valence-corrected chi connectivity index (χ3v) is 2.54. The van der Waals surface area contributed by atoms with E-state index in [4.69, 9.17) is 4.74 Å². The molecule has 0 atom stereocenters. The minimum Gasteiger partial charge on any atom is -0.497 e. The summed E-state index contributed by atoms with van der Waals surface area (Å²) in [5.41, 5.74) is 2.47. The Morgan fingerprint density at radius 2 is 1.80 bits per heavy atom. The van der Waals surface area contributed by atoms with Gasteiger partial charge in [0.05, 0.1) is 7.11 Å². The van der Waals surface area contributed by atoms with Gasteiger partial charge in [-0.2, -0.15) is 0 Å². The zero-order chi connectivity index (χ0) is 11.6. The van der Waals surface area contributed by atoms with Crippen molar-refractivity contribution in [1.29, 1.82) is 0 Å². The maximum absolute atomic E-state index is 5.36. The van der Waals surface area contributed by atoms with Crippen LogP contribution in [0.2, 0.25) is 0 Å². The van der Waals surface area contributed by atoms with Crippen LogP contribution in [0.3, 0.4) is 0 Å². The van der Waals surface area contributed by atoms with Crippen molar-refractivity contribution in [1.82, 2.24) is 0 Å². The Labute approximate surface area is 93.5 Å². The lowest BCUT2D eigenvalue weighted by Gasteiger charge is -2.26. The van der Waals surface area contributed by atoms with E-state index in [0.29, 0.717) is 0 Å². The molecule has 0 amide bonds. The van der Waals surface area contributed by atoms with E-state index in [9.17, 15) is 0 Å². The van der Waals surface area contributed by atoms with Crippen LogP contribution in [0.1, 0.15) is 37.8 Å². The Hall–Kier alpha value is -0.980. The summed E-state index contributed by atoms with van der Waals surface area (Å²) in [7, 11) is 1.69. The Morgan fingerprint density at radius 1 is 1.20 bits per heavy atom. The monoisotopic (exact) mass is 204 g/mol. The molecule has 0 aliphatic carbocycles. The molecule has 84 valence electrons. The second-order valence-electron chi connectivity index (χ2n) is 4.90. The Morgan fingerprint density at radius 3 is 2.20 bits per heavy atom. The Kier molecular flexibility index (Phi) is 3.43. The van der Waals surface area contributed by atoms with Crippen molar-refractivity contribution in [2.45, 2.75) is 32.1 Å². The Balaban J connectivity index is 3.19. The number of hydrogen-bond acceptors (Lipinski definition) is 1. The summed E-state index contributed by atoms with van der Waals surface area (Å²) in [6, 6.07) is 6.27. The predicted molar refractivity (Wildman–Crippen MR) is 65.1 cm³/mol. The molecule has 0 fully saturated rings. The van der Waals surface area contributed by atoms with E-state index >= 15 is 0 Å². The lowest BCUT2D eigenvalue weighted by Crippen LogP contribution is -2.11. The molecule has 0 heterocycles. The summed E-state index contributed by atoms with van der Waals surface area (Å²) in [5.74, 6) is 0.895. The molecule has 15 heavy (non-hydrogen) atoms. The van der Waals surface area contributed by atoms with E-state index in [-0.39, 0.29) is 11.3 Å². The molecule has 1 heteroatoms. The molecule has 1 aromatic rings. The topological polar surface area (TPSA) is 9.23 Å². The average molecular weight is 204 g/mol. The van der Waals surface area contributed by atoms with Crippen LogP contribution >= 0.6 is 0 Å². The van der Waals surface area contributed by atoms with Crippen molar-refractivity contribution in [2.75, 3.05) is 7.11 Å². The third kappa shape index (κ3) is 2.74. The standard InChI is InChI=1S/C14H20O/c1-10(2)12-8-7-11(14(3,4)5)9-13(12)15-6/h7-10H,1-2H2,3-6H3/q-2. The molecule has 0 saturated heterocycles. The number of hydrogen-bond donors (Lipinski definition) is 0. The molecule has 1 rings (SSSR count). The van der Waals surface area contributed by atoms with Gasteiger partial charge in [-0.15, -0.1) is 0 Å². The zero-order valence-corrected chi connectivity index (χ0v) is 10.1. The molecule has 0 aliphatic rings. The van der Waals surface area contributed by atoms with E-state index in [1.54, 1.807) is 7.11 Å². The molecule has 0 unspecified atom stereocenters. The van der Waals surface area contributed by atoms with E-state index in [1.807, 2.05) is 0 Å². The van der Waals surface area contributed by atoms with Crippen LogP contribution in [0.25, 0.3) is 0 Å². The average Bonchev–Trinajstić information content (AvgIpc) is 2.15. The van der Waals surface area contributed by atoms with E-state index in [0.717, 1.165) is 11.3 Å². The van der Waals surface area contributed by atoms with Crippen LogP contribution in [0.5, 0.6) is 5.75 Å². The molecule has 0 bridgehead atoms. The highest BCUT2D eigenvalue weighted by atomic mass is 16.5. The second kappa shape index (κ2) is 4.26. The van der Waals surface area contributed by atoms with Gasteiger partial charge < -0.3 is 18.6 Å². The molecule has 0 aliphatic heterocycles. The van der Waals surface area contributed by atoms with Crippen LogP contribution in [-0.4, -0.2) is 7.11 Å². The van der Waals surface area contributed by atoms with Gasteiger partial charge >= 0.3 is 0 Å². The van der Waals surface area contributed by atoms with Gasteiger partial charge in [-0.1, -0.05) is 38.5 Å². The molecule has 0 radical (unpaired) electrons. The Bertz CT molecular complexity index is 332. The van der Waals surface area contributed by atoms with Crippen LogP contribution in [0.4, 0.5) is 0 Å². The van der Waals surface area contributed by atoms with Crippen LogP contribution in [0.15, 0.2) is 18.2 Å². The molecule has 1 nitrogen and oxygen atoms in total.